The molecule has 4 nitrogen and oxygen atoms in total. The summed E-state index contributed by atoms with van der Waals surface area (Å²) in [6.45, 7) is 2.19. The average Bonchev–Trinajstić information content (AvgIpc) is 2.33. The molecule has 4 N–H and O–H groups in total. The van der Waals surface area contributed by atoms with Gasteiger partial charge in [0.25, 0.3) is 0 Å². The molecule has 5 heteroatoms. The number of nitrogens with two attached hydrogens (primary N) is 1. The predicted molar refractivity (Wildman–Crippen MR) is 78.6 cm³/mol. The molecule has 1 atom stereocenters. The molecular weight excluding hydrogens is 294 g/mol. The molecule has 18 heavy (non-hydrogen) atoms. The Labute approximate surface area is 114 Å². The quantitative estimate of drug-likeness (QED) is 0.759. The van der Waals surface area contributed by atoms with Crippen molar-refractivity contribution in [2.24, 2.45) is 0 Å². The van der Waals surface area contributed by atoms with E-state index >= 15 is 0 Å². The molecule has 0 aliphatic rings. The third-order valence-electron chi connectivity index (χ3n) is 2.81. The summed E-state index contributed by atoms with van der Waals surface area (Å²) < 4.78 is 0.905. The fourth-order valence-electron chi connectivity index (χ4n) is 1.86. The van der Waals surface area contributed by atoms with Gasteiger partial charge in [0.15, 0.2) is 0 Å². The number of halogens is 1. The molecule has 2 aromatic rings. The van der Waals surface area contributed by atoms with Gasteiger partial charge in [-0.3, -0.25) is 4.98 Å². The van der Waals surface area contributed by atoms with Gasteiger partial charge in [-0.15, -0.1) is 0 Å². The van der Waals surface area contributed by atoms with Crippen molar-refractivity contribution in [1.82, 2.24) is 4.98 Å². The summed E-state index contributed by atoms with van der Waals surface area (Å²) in [5, 5.41) is 13.2. The van der Waals surface area contributed by atoms with Crippen molar-refractivity contribution in [2.45, 2.75) is 19.4 Å². The van der Waals surface area contributed by atoms with Crippen molar-refractivity contribution in [3.63, 3.8) is 0 Å². The third-order valence-corrected chi connectivity index (χ3v) is 3.25. The smallest absolute Gasteiger partial charge is 0.0954 e. The van der Waals surface area contributed by atoms with Gasteiger partial charge in [0.1, 0.15) is 0 Å². The van der Waals surface area contributed by atoms with Crippen LogP contribution in [0.1, 0.15) is 13.3 Å². The van der Waals surface area contributed by atoms with Crippen LogP contribution in [-0.2, 0) is 0 Å². The summed E-state index contributed by atoms with van der Waals surface area (Å²) in [6, 6.07) is 5.93. The Morgan fingerprint density at radius 2 is 2.28 bits per heavy atom. The van der Waals surface area contributed by atoms with Crippen molar-refractivity contribution >= 4 is 38.2 Å². The molecule has 0 saturated carbocycles. The van der Waals surface area contributed by atoms with Gasteiger partial charge in [0.2, 0.25) is 0 Å². The van der Waals surface area contributed by atoms with Crippen LogP contribution in [0, 0.1) is 0 Å². The van der Waals surface area contributed by atoms with Crippen LogP contribution in [0.25, 0.3) is 10.9 Å². The number of benzene rings is 1. The molecule has 1 aromatic carbocycles. The number of aliphatic hydroxyl groups is 1. The first-order chi connectivity index (χ1) is 8.61. The first kappa shape index (κ1) is 13.1. The van der Waals surface area contributed by atoms with Crippen molar-refractivity contribution < 1.29 is 5.11 Å². The number of nitrogen functional groups attached to an aromatic ring is 1. The van der Waals surface area contributed by atoms with Crippen molar-refractivity contribution in [2.75, 3.05) is 17.7 Å². The maximum absolute atomic E-state index is 8.93. The largest absolute Gasteiger partial charge is 0.398 e. The van der Waals surface area contributed by atoms with E-state index in [0.29, 0.717) is 12.1 Å². The lowest BCUT2D eigenvalue weighted by Crippen LogP contribution is -2.17. The molecular formula is C13H16BrN3O. The standard InChI is InChI=1S/C13H16BrN3O/c1-8(4-5-18)17-12-3-2-11(15)10-6-9(14)7-16-13(10)12/h2-3,6-8,17-18H,4-5,15H2,1H3. The summed E-state index contributed by atoms with van der Waals surface area (Å²) in [5.74, 6) is 0. The van der Waals surface area contributed by atoms with Crippen molar-refractivity contribution in [3.8, 4) is 0 Å². The second-order valence-corrected chi connectivity index (χ2v) is 5.23. The number of fused-ring (bicyclic) bond motifs is 1. The number of hydrogen-bond donors (Lipinski definition) is 3. The van der Waals surface area contributed by atoms with Crippen LogP contribution in [0.15, 0.2) is 28.9 Å². The highest BCUT2D eigenvalue weighted by Gasteiger charge is 2.08. The van der Waals surface area contributed by atoms with Gasteiger partial charge in [0.05, 0.1) is 11.2 Å². The van der Waals surface area contributed by atoms with Crippen LogP contribution in [0.3, 0.4) is 0 Å². The van der Waals surface area contributed by atoms with E-state index in [-0.39, 0.29) is 12.6 Å². The Hall–Kier alpha value is -1.33. The summed E-state index contributed by atoms with van der Waals surface area (Å²) in [5.41, 5.74) is 8.45. The van der Waals surface area contributed by atoms with Crippen LogP contribution in [0.5, 0.6) is 0 Å². The minimum atomic E-state index is 0.167. The van der Waals surface area contributed by atoms with E-state index in [2.05, 4.69) is 26.2 Å². The van der Waals surface area contributed by atoms with Gasteiger partial charge < -0.3 is 16.2 Å². The maximum Gasteiger partial charge on any atom is 0.0954 e. The number of hydrogen-bond acceptors (Lipinski definition) is 4. The van der Waals surface area contributed by atoms with E-state index < -0.39 is 0 Å². The topological polar surface area (TPSA) is 71.2 Å². The molecule has 0 spiro atoms. The summed E-state index contributed by atoms with van der Waals surface area (Å²) in [7, 11) is 0. The highest BCUT2D eigenvalue weighted by molar-refractivity contribution is 9.10. The van der Waals surface area contributed by atoms with Crippen LogP contribution < -0.4 is 11.1 Å². The number of anilines is 2. The molecule has 1 heterocycles. The molecule has 0 aliphatic carbocycles. The van der Waals surface area contributed by atoms with Gasteiger partial charge in [-0.05, 0) is 47.5 Å². The first-order valence-corrected chi connectivity index (χ1v) is 6.62. The molecule has 0 fully saturated rings. The minimum Gasteiger partial charge on any atom is -0.398 e. The van der Waals surface area contributed by atoms with Gasteiger partial charge in [0, 0.05) is 34.4 Å². The number of aliphatic hydroxyl groups excluding tert-OH is 1. The zero-order valence-electron chi connectivity index (χ0n) is 10.2. The number of pyridine rings is 1. The number of nitrogens with zero attached hydrogens (tertiary/aromatic N) is 1. The zero-order valence-corrected chi connectivity index (χ0v) is 11.7. The Kier molecular flexibility index (Phi) is 4.04. The van der Waals surface area contributed by atoms with Gasteiger partial charge in [-0.1, -0.05) is 0 Å². The fourth-order valence-corrected chi connectivity index (χ4v) is 2.19. The van der Waals surface area contributed by atoms with E-state index in [1.807, 2.05) is 25.1 Å². The molecule has 0 bridgehead atoms. The lowest BCUT2D eigenvalue weighted by molar-refractivity contribution is 0.282. The first-order valence-electron chi connectivity index (χ1n) is 5.83. The van der Waals surface area contributed by atoms with Crippen LogP contribution in [0.4, 0.5) is 11.4 Å². The fraction of sp³-hybridized carbons (Fsp3) is 0.308. The minimum absolute atomic E-state index is 0.167. The third kappa shape index (κ3) is 2.73. The zero-order chi connectivity index (χ0) is 13.1. The van der Waals surface area contributed by atoms with E-state index in [4.69, 9.17) is 10.8 Å². The maximum atomic E-state index is 8.93. The van der Waals surface area contributed by atoms with Crippen molar-refractivity contribution in [1.29, 1.82) is 0 Å². The van der Waals surface area contributed by atoms with Gasteiger partial charge in [-0.2, -0.15) is 0 Å². The lowest BCUT2D eigenvalue weighted by atomic mass is 10.1. The monoisotopic (exact) mass is 309 g/mol. The second-order valence-electron chi connectivity index (χ2n) is 4.31. The van der Waals surface area contributed by atoms with Crippen LogP contribution in [-0.4, -0.2) is 22.7 Å². The molecule has 1 aromatic heterocycles. The SMILES string of the molecule is CC(CCO)Nc1ccc(N)c2cc(Br)cnc12. The number of aromatic nitrogens is 1. The molecule has 0 aliphatic heterocycles. The number of rotatable bonds is 4. The Bertz CT molecular complexity index is 559. The molecule has 1 unspecified atom stereocenters. The summed E-state index contributed by atoms with van der Waals surface area (Å²) >= 11 is 3.40. The van der Waals surface area contributed by atoms with E-state index in [1.165, 1.54) is 0 Å². The number of nitrogens with one attached hydrogen (secondary N) is 1. The van der Waals surface area contributed by atoms with E-state index in [9.17, 15) is 0 Å². The van der Waals surface area contributed by atoms with E-state index in [0.717, 1.165) is 21.1 Å². The molecule has 0 radical (unpaired) electrons. The molecule has 96 valence electrons. The van der Waals surface area contributed by atoms with Crippen molar-refractivity contribution in [3.05, 3.63) is 28.9 Å². The average molecular weight is 310 g/mol. The Balaban J connectivity index is 2.42. The normalized spacial score (nSPS) is 12.6. The predicted octanol–water partition coefficient (Wildman–Crippen LogP) is 2.76. The molecule has 0 amide bonds. The van der Waals surface area contributed by atoms with E-state index in [1.54, 1.807) is 6.20 Å². The van der Waals surface area contributed by atoms with Crippen LogP contribution >= 0.6 is 15.9 Å². The Morgan fingerprint density at radius 3 is 3.00 bits per heavy atom. The van der Waals surface area contributed by atoms with Gasteiger partial charge >= 0.3 is 0 Å². The van der Waals surface area contributed by atoms with Crippen LogP contribution in [0.2, 0.25) is 0 Å². The molecule has 0 saturated heterocycles. The highest BCUT2D eigenvalue weighted by atomic mass is 79.9. The lowest BCUT2D eigenvalue weighted by Gasteiger charge is -2.16. The molecule has 2 rings (SSSR count). The Morgan fingerprint density at radius 1 is 1.50 bits per heavy atom. The highest BCUT2D eigenvalue weighted by Crippen LogP contribution is 2.29. The summed E-state index contributed by atoms with van der Waals surface area (Å²) in [4.78, 5) is 4.40. The summed E-state index contributed by atoms with van der Waals surface area (Å²) in [6.07, 6.45) is 2.45. The second kappa shape index (κ2) is 5.54. The van der Waals surface area contributed by atoms with Gasteiger partial charge in [-0.25, -0.2) is 0 Å².